The Labute approximate surface area is 117 Å². The number of para-hydroxylation sites is 1. The van der Waals surface area contributed by atoms with Gasteiger partial charge >= 0.3 is 5.97 Å². The monoisotopic (exact) mass is 277 g/mol. The second-order valence-corrected chi connectivity index (χ2v) is 4.95. The van der Waals surface area contributed by atoms with Crippen LogP contribution < -0.4 is 16.0 Å². The maximum Gasteiger partial charge on any atom is 0.337 e. The molecule has 2 rings (SSSR count). The number of nitrogens with one attached hydrogen (secondary N) is 1. The average Bonchev–Trinajstić information content (AvgIpc) is 2.46. The number of rotatable bonds is 3. The summed E-state index contributed by atoms with van der Waals surface area (Å²) in [5.41, 5.74) is 7.08. The van der Waals surface area contributed by atoms with Crippen molar-refractivity contribution < 1.29 is 14.7 Å². The van der Waals surface area contributed by atoms with Crippen molar-refractivity contribution in [2.45, 2.75) is 12.8 Å². The van der Waals surface area contributed by atoms with Crippen LogP contribution in [-0.2, 0) is 4.79 Å². The second-order valence-electron chi connectivity index (χ2n) is 4.95. The second kappa shape index (κ2) is 5.81. The summed E-state index contributed by atoms with van der Waals surface area (Å²) in [6.45, 7) is 1.20. The number of carboxylic acids is 1. The maximum atomic E-state index is 11.8. The van der Waals surface area contributed by atoms with Gasteiger partial charge in [0.05, 0.1) is 22.9 Å². The van der Waals surface area contributed by atoms with E-state index < -0.39 is 5.97 Å². The van der Waals surface area contributed by atoms with Gasteiger partial charge < -0.3 is 21.1 Å². The lowest BCUT2D eigenvalue weighted by molar-refractivity contribution is -0.124. The van der Waals surface area contributed by atoms with E-state index in [2.05, 4.69) is 5.32 Å². The van der Waals surface area contributed by atoms with E-state index in [-0.39, 0.29) is 17.4 Å². The number of benzene rings is 1. The van der Waals surface area contributed by atoms with Crippen molar-refractivity contribution in [2.24, 2.45) is 5.92 Å². The summed E-state index contributed by atoms with van der Waals surface area (Å²) < 4.78 is 0. The highest BCUT2D eigenvalue weighted by atomic mass is 16.4. The number of carboxylic acid groups (broad SMARTS) is 1. The van der Waals surface area contributed by atoms with Crippen LogP contribution in [0.15, 0.2) is 18.2 Å². The van der Waals surface area contributed by atoms with Gasteiger partial charge in [-0.25, -0.2) is 4.79 Å². The molecule has 108 valence electrons. The number of piperidine rings is 1. The van der Waals surface area contributed by atoms with E-state index in [1.165, 1.54) is 6.07 Å². The van der Waals surface area contributed by atoms with Crippen molar-refractivity contribution in [1.29, 1.82) is 0 Å². The first-order valence-electron chi connectivity index (χ1n) is 6.63. The largest absolute Gasteiger partial charge is 0.478 e. The van der Waals surface area contributed by atoms with Gasteiger partial charge in [0.2, 0.25) is 5.91 Å². The summed E-state index contributed by atoms with van der Waals surface area (Å²) >= 11 is 0. The highest BCUT2D eigenvalue weighted by molar-refractivity contribution is 5.98. The number of amides is 1. The summed E-state index contributed by atoms with van der Waals surface area (Å²) in [6.07, 6.45) is 1.65. The normalized spacial score (nSPS) is 18.6. The summed E-state index contributed by atoms with van der Waals surface area (Å²) in [5, 5.41) is 11.9. The Bertz CT molecular complexity index is 530. The average molecular weight is 277 g/mol. The maximum absolute atomic E-state index is 11.8. The Balaban J connectivity index is 2.31. The van der Waals surface area contributed by atoms with Crippen molar-refractivity contribution in [3.8, 4) is 0 Å². The Morgan fingerprint density at radius 3 is 2.85 bits per heavy atom. The number of aromatic carboxylic acids is 1. The lowest BCUT2D eigenvalue weighted by Gasteiger charge is -2.35. The molecule has 1 amide bonds. The van der Waals surface area contributed by atoms with E-state index in [0.717, 1.165) is 12.8 Å². The van der Waals surface area contributed by atoms with Crippen LogP contribution >= 0.6 is 0 Å². The van der Waals surface area contributed by atoms with Gasteiger partial charge in [-0.15, -0.1) is 0 Å². The van der Waals surface area contributed by atoms with Crippen molar-refractivity contribution in [3.63, 3.8) is 0 Å². The van der Waals surface area contributed by atoms with Gasteiger partial charge in [-0.2, -0.15) is 0 Å². The number of carbonyl (C=O) groups is 2. The lowest BCUT2D eigenvalue weighted by Crippen LogP contribution is -2.43. The van der Waals surface area contributed by atoms with Gasteiger partial charge in [-0.05, 0) is 25.0 Å². The quantitative estimate of drug-likeness (QED) is 0.714. The Hall–Kier alpha value is -2.24. The molecule has 1 heterocycles. The Morgan fingerprint density at radius 2 is 2.20 bits per heavy atom. The van der Waals surface area contributed by atoms with Gasteiger partial charge in [0.1, 0.15) is 0 Å². The molecule has 0 aliphatic carbocycles. The van der Waals surface area contributed by atoms with E-state index in [4.69, 9.17) is 5.73 Å². The van der Waals surface area contributed by atoms with Crippen molar-refractivity contribution in [2.75, 3.05) is 30.8 Å². The van der Waals surface area contributed by atoms with Crippen molar-refractivity contribution in [3.05, 3.63) is 23.8 Å². The minimum Gasteiger partial charge on any atom is -0.478 e. The van der Waals surface area contributed by atoms with Crippen molar-refractivity contribution in [1.82, 2.24) is 5.32 Å². The molecule has 0 bridgehead atoms. The molecule has 1 aliphatic heterocycles. The fourth-order valence-corrected chi connectivity index (χ4v) is 2.69. The van der Waals surface area contributed by atoms with Crippen LogP contribution in [0.2, 0.25) is 0 Å². The standard InChI is InChI=1S/C14H19N3O3/c1-16-13(18)9-4-3-7-17(8-9)12-10(14(19)20)5-2-6-11(12)15/h2,5-6,9H,3-4,7-8,15H2,1H3,(H,16,18)(H,19,20). The summed E-state index contributed by atoms with van der Waals surface area (Å²) in [7, 11) is 1.61. The molecular formula is C14H19N3O3. The first kappa shape index (κ1) is 14.2. The van der Waals surface area contributed by atoms with Crippen molar-refractivity contribution >= 4 is 23.3 Å². The first-order chi connectivity index (χ1) is 9.54. The molecule has 0 aromatic heterocycles. The highest BCUT2D eigenvalue weighted by Crippen LogP contribution is 2.31. The molecule has 20 heavy (non-hydrogen) atoms. The molecule has 1 unspecified atom stereocenters. The van der Waals surface area contributed by atoms with E-state index in [0.29, 0.717) is 24.5 Å². The van der Waals surface area contributed by atoms with Gasteiger partial charge in [0.25, 0.3) is 0 Å². The highest BCUT2D eigenvalue weighted by Gasteiger charge is 2.28. The molecule has 1 atom stereocenters. The third-order valence-corrected chi connectivity index (χ3v) is 3.65. The molecule has 0 saturated carbocycles. The van der Waals surface area contributed by atoms with E-state index in [9.17, 15) is 14.7 Å². The number of hydrogen-bond acceptors (Lipinski definition) is 4. The third kappa shape index (κ3) is 2.68. The number of carbonyl (C=O) groups excluding carboxylic acids is 1. The molecule has 0 spiro atoms. The Kier molecular flexibility index (Phi) is 4.12. The van der Waals surface area contributed by atoms with Crippen LogP contribution in [0.25, 0.3) is 0 Å². The smallest absolute Gasteiger partial charge is 0.337 e. The fraction of sp³-hybridized carbons (Fsp3) is 0.429. The molecule has 1 aliphatic rings. The van der Waals surface area contributed by atoms with Gasteiger partial charge in [-0.1, -0.05) is 6.07 Å². The summed E-state index contributed by atoms with van der Waals surface area (Å²) in [4.78, 5) is 25.0. The fourth-order valence-electron chi connectivity index (χ4n) is 2.69. The van der Waals surface area contributed by atoms with E-state index in [1.807, 2.05) is 4.90 Å². The van der Waals surface area contributed by atoms with Gasteiger partial charge in [0, 0.05) is 20.1 Å². The predicted octanol–water partition coefficient (Wildman–Crippen LogP) is 0.929. The van der Waals surface area contributed by atoms with Gasteiger partial charge in [-0.3, -0.25) is 4.79 Å². The van der Waals surface area contributed by atoms with E-state index >= 15 is 0 Å². The molecule has 6 nitrogen and oxygen atoms in total. The topological polar surface area (TPSA) is 95.7 Å². The Morgan fingerprint density at radius 1 is 1.45 bits per heavy atom. The first-order valence-corrected chi connectivity index (χ1v) is 6.63. The third-order valence-electron chi connectivity index (χ3n) is 3.65. The van der Waals surface area contributed by atoms with Crippen LogP contribution in [0.3, 0.4) is 0 Å². The zero-order valence-electron chi connectivity index (χ0n) is 11.4. The molecular weight excluding hydrogens is 258 g/mol. The van der Waals surface area contributed by atoms with Crippen LogP contribution in [0.1, 0.15) is 23.2 Å². The molecule has 1 fully saturated rings. The van der Waals surface area contributed by atoms with Crippen LogP contribution in [-0.4, -0.2) is 37.1 Å². The van der Waals surface area contributed by atoms with E-state index in [1.54, 1.807) is 19.2 Å². The molecule has 4 N–H and O–H groups in total. The van der Waals surface area contributed by atoms with Crippen LogP contribution in [0, 0.1) is 5.92 Å². The van der Waals surface area contributed by atoms with Crippen LogP contribution in [0.4, 0.5) is 11.4 Å². The summed E-state index contributed by atoms with van der Waals surface area (Å²) in [6, 6.07) is 4.85. The number of nitrogens with two attached hydrogens (primary N) is 1. The number of anilines is 2. The van der Waals surface area contributed by atoms with Gasteiger partial charge in [0.15, 0.2) is 0 Å². The summed E-state index contributed by atoms with van der Waals surface area (Å²) in [5.74, 6) is -1.15. The SMILES string of the molecule is CNC(=O)C1CCCN(c2c(N)cccc2C(=O)O)C1. The molecule has 6 heteroatoms. The molecule has 1 aromatic carbocycles. The zero-order valence-corrected chi connectivity index (χ0v) is 11.4. The molecule has 1 aromatic rings. The zero-order chi connectivity index (χ0) is 14.7. The minimum absolute atomic E-state index is 0.0129. The number of hydrogen-bond donors (Lipinski definition) is 3. The predicted molar refractivity (Wildman–Crippen MR) is 76.8 cm³/mol. The lowest BCUT2D eigenvalue weighted by atomic mass is 9.95. The number of nitrogens with zero attached hydrogens (tertiary/aromatic N) is 1. The number of nitrogen functional groups attached to an aromatic ring is 1. The minimum atomic E-state index is -1.01. The molecule has 1 saturated heterocycles. The molecule has 0 radical (unpaired) electrons. The van der Waals surface area contributed by atoms with Crippen LogP contribution in [0.5, 0.6) is 0 Å².